The summed E-state index contributed by atoms with van der Waals surface area (Å²) in [6.45, 7) is 1.46. The minimum Gasteiger partial charge on any atom is -0.495 e. The average Bonchev–Trinajstić information content (AvgIpc) is 2.55. The zero-order chi connectivity index (χ0) is 17.7. The van der Waals surface area contributed by atoms with Crippen LogP contribution in [0.2, 0.25) is 10.0 Å². The van der Waals surface area contributed by atoms with Gasteiger partial charge < -0.3 is 14.8 Å². The van der Waals surface area contributed by atoms with Crippen LogP contribution in [-0.2, 0) is 9.53 Å². The first kappa shape index (κ1) is 18.1. The normalized spacial score (nSPS) is 11.5. The van der Waals surface area contributed by atoms with E-state index >= 15 is 0 Å². The predicted octanol–water partition coefficient (Wildman–Crippen LogP) is 4.19. The highest BCUT2D eigenvalue weighted by atomic mass is 35.5. The molecule has 2 aromatic carbocycles. The van der Waals surface area contributed by atoms with E-state index in [0.717, 1.165) is 0 Å². The van der Waals surface area contributed by atoms with Gasteiger partial charge in [0.05, 0.1) is 23.4 Å². The quantitative estimate of drug-likeness (QED) is 0.804. The predicted molar refractivity (Wildman–Crippen MR) is 93.0 cm³/mol. The monoisotopic (exact) mass is 367 g/mol. The van der Waals surface area contributed by atoms with Crippen LogP contribution in [0, 0.1) is 0 Å². The molecule has 0 radical (unpaired) electrons. The molecular formula is C17H15Cl2NO4. The third-order valence-electron chi connectivity index (χ3n) is 3.17. The smallest absolute Gasteiger partial charge is 0.340 e. The Kier molecular flexibility index (Phi) is 6.06. The first-order valence-electron chi connectivity index (χ1n) is 7.02. The highest BCUT2D eigenvalue weighted by Gasteiger charge is 2.21. The summed E-state index contributed by atoms with van der Waals surface area (Å²) in [6.07, 6.45) is -1.02. The molecule has 0 saturated heterocycles. The summed E-state index contributed by atoms with van der Waals surface area (Å²) in [4.78, 5) is 24.3. The minimum absolute atomic E-state index is 0.137. The van der Waals surface area contributed by atoms with Crippen molar-refractivity contribution in [1.29, 1.82) is 0 Å². The Bertz CT molecular complexity index is 764. The summed E-state index contributed by atoms with van der Waals surface area (Å²) in [5.74, 6) is -0.692. The second-order valence-corrected chi connectivity index (χ2v) is 5.70. The summed E-state index contributed by atoms with van der Waals surface area (Å²) in [6, 6.07) is 11.3. The molecule has 1 amide bonds. The van der Waals surface area contributed by atoms with E-state index in [9.17, 15) is 9.59 Å². The molecule has 7 heteroatoms. The van der Waals surface area contributed by atoms with E-state index in [2.05, 4.69) is 5.32 Å². The molecule has 0 spiro atoms. The van der Waals surface area contributed by atoms with Crippen molar-refractivity contribution in [3.63, 3.8) is 0 Å². The van der Waals surface area contributed by atoms with Crippen LogP contribution < -0.4 is 10.1 Å². The van der Waals surface area contributed by atoms with Gasteiger partial charge in [-0.05, 0) is 37.3 Å². The van der Waals surface area contributed by atoms with Crippen molar-refractivity contribution in [2.75, 3.05) is 12.4 Å². The highest BCUT2D eigenvalue weighted by Crippen LogP contribution is 2.24. The molecule has 1 N–H and O–H groups in total. The van der Waals surface area contributed by atoms with Crippen molar-refractivity contribution in [2.45, 2.75) is 13.0 Å². The van der Waals surface area contributed by atoms with Gasteiger partial charge in [0.15, 0.2) is 6.10 Å². The topological polar surface area (TPSA) is 64.6 Å². The second-order valence-electron chi connectivity index (χ2n) is 4.86. The van der Waals surface area contributed by atoms with Gasteiger partial charge in [0.25, 0.3) is 5.91 Å². The maximum atomic E-state index is 12.2. The van der Waals surface area contributed by atoms with E-state index in [4.69, 9.17) is 32.7 Å². The zero-order valence-corrected chi connectivity index (χ0v) is 14.5. The molecule has 0 aromatic heterocycles. The van der Waals surface area contributed by atoms with E-state index in [-0.39, 0.29) is 10.6 Å². The van der Waals surface area contributed by atoms with Crippen molar-refractivity contribution in [2.24, 2.45) is 0 Å². The maximum absolute atomic E-state index is 12.2. The number of esters is 1. The third kappa shape index (κ3) is 4.40. The molecule has 0 aliphatic rings. The van der Waals surface area contributed by atoms with Gasteiger partial charge in [0.2, 0.25) is 0 Å². The molecule has 1 atom stereocenters. The number of ether oxygens (including phenoxy) is 2. The lowest BCUT2D eigenvalue weighted by atomic mass is 10.2. The lowest BCUT2D eigenvalue weighted by Gasteiger charge is -2.15. The number of amides is 1. The van der Waals surface area contributed by atoms with Gasteiger partial charge in [0, 0.05) is 5.02 Å². The van der Waals surface area contributed by atoms with Gasteiger partial charge in [0.1, 0.15) is 5.75 Å². The molecular weight excluding hydrogens is 353 g/mol. The van der Waals surface area contributed by atoms with Gasteiger partial charge in [-0.25, -0.2) is 4.79 Å². The van der Waals surface area contributed by atoms with Crippen molar-refractivity contribution in [1.82, 2.24) is 0 Å². The Labute approximate surface area is 149 Å². The fourth-order valence-electron chi connectivity index (χ4n) is 1.91. The molecule has 0 heterocycles. The Morgan fingerprint density at radius 2 is 1.83 bits per heavy atom. The molecule has 2 rings (SSSR count). The number of hydrogen-bond acceptors (Lipinski definition) is 4. The largest absolute Gasteiger partial charge is 0.495 e. The maximum Gasteiger partial charge on any atom is 0.340 e. The number of anilines is 1. The fraction of sp³-hybridized carbons (Fsp3) is 0.176. The number of halogens is 2. The van der Waals surface area contributed by atoms with Crippen LogP contribution in [0.3, 0.4) is 0 Å². The van der Waals surface area contributed by atoms with Gasteiger partial charge in [-0.2, -0.15) is 0 Å². The zero-order valence-electron chi connectivity index (χ0n) is 13.0. The van der Waals surface area contributed by atoms with Crippen molar-refractivity contribution < 1.29 is 19.1 Å². The van der Waals surface area contributed by atoms with E-state index in [0.29, 0.717) is 16.5 Å². The van der Waals surface area contributed by atoms with Crippen LogP contribution in [0.25, 0.3) is 0 Å². The second kappa shape index (κ2) is 8.04. The molecule has 0 unspecified atom stereocenters. The third-order valence-corrected chi connectivity index (χ3v) is 3.72. The van der Waals surface area contributed by atoms with Crippen LogP contribution in [0.4, 0.5) is 5.69 Å². The fourth-order valence-corrected chi connectivity index (χ4v) is 2.40. The number of hydrogen-bond donors (Lipinski definition) is 1. The summed E-state index contributed by atoms with van der Waals surface area (Å²) in [5.41, 5.74) is 0.621. The number of carbonyl (C=O) groups is 2. The molecule has 0 saturated carbocycles. The number of methoxy groups -OCH3 is 1. The average molecular weight is 368 g/mol. The standard InChI is InChI=1S/C17H15Cl2NO4/c1-10(16(21)20-14-5-3-4-6-15(14)23-2)24-17(22)12-8-7-11(18)9-13(12)19/h3-10H,1-2H3,(H,20,21)/t10-/m0/s1. The molecule has 24 heavy (non-hydrogen) atoms. The summed E-state index contributed by atoms with van der Waals surface area (Å²) < 4.78 is 10.3. The van der Waals surface area contributed by atoms with Crippen LogP contribution >= 0.6 is 23.2 Å². The van der Waals surface area contributed by atoms with Crippen LogP contribution in [0.15, 0.2) is 42.5 Å². The Balaban J connectivity index is 2.04. The number of rotatable bonds is 5. The molecule has 0 aliphatic carbocycles. The van der Waals surface area contributed by atoms with Crippen molar-refractivity contribution in [3.05, 3.63) is 58.1 Å². The van der Waals surface area contributed by atoms with Crippen LogP contribution in [-0.4, -0.2) is 25.1 Å². The summed E-state index contributed by atoms with van der Waals surface area (Å²) in [5, 5.41) is 3.21. The molecule has 2 aromatic rings. The highest BCUT2D eigenvalue weighted by molar-refractivity contribution is 6.36. The van der Waals surface area contributed by atoms with Crippen molar-refractivity contribution in [3.8, 4) is 5.75 Å². The van der Waals surface area contributed by atoms with E-state index in [1.807, 2.05) is 0 Å². The Morgan fingerprint density at radius 3 is 2.50 bits per heavy atom. The van der Waals surface area contributed by atoms with Gasteiger partial charge in [-0.1, -0.05) is 35.3 Å². The molecule has 0 aliphatic heterocycles. The molecule has 126 valence electrons. The van der Waals surface area contributed by atoms with Gasteiger partial charge >= 0.3 is 5.97 Å². The first-order chi connectivity index (χ1) is 11.4. The first-order valence-corrected chi connectivity index (χ1v) is 7.78. The van der Waals surface area contributed by atoms with Gasteiger partial charge in [-0.3, -0.25) is 4.79 Å². The number of carbonyl (C=O) groups excluding carboxylic acids is 2. The van der Waals surface area contributed by atoms with E-state index in [1.165, 1.54) is 32.2 Å². The molecule has 0 fully saturated rings. The Hall–Kier alpha value is -2.24. The van der Waals surface area contributed by atoms with Crippen LogP contribution in [0.5, 0.6) is 5.75 Å². The summed E-state index contributed by atoms with van der Waals surface area (Å²) in [7, 11) is 1.50. The van der Waals surface area contributed by atoms with Crippen LogP contribution in [0.1, 0.15) is 17.3 Å². The number of nitrogens with one attached hydrogen (secondary N) is 1. The van der Waals surface area contributed by atoms with E-state index < -0.39 is 18.0 Å². The molecule has 5 nitrogen and oxygen atoms in total. The summed E-state index contributed by atoms with van der Waals surface area (Å²) >= 11 is 11.7. The van der Waals surface area contributed by atoms with Gasteiger partial charge in [-0.15, -0.1) is 0 Å². The Morgan fingerprint density at radius 1 is 1.12 bits per heavy atom. The van der Waals surface area contributed by atoms with E-state index in [1.54, 1.807) is 24.3 Å². The number of para-hydroxylation sites is 2. The lowest BCUT2D eigenvalue weighted by molar-refractivity contribution is -0.123. The lowest BCUT2D eigenvalue weighted by Crippen LogP contribution is -2.30. The SMILES string of the molecule is COc1ccccc1NC(=O)[C@H](C)OC(=O)c1ccc(Cl)cc1Cl. The number of benzene rings is 2. The minimum atomic E-state index is -1.02. The molecule has 0 bridgehead atoms. The van der Waals surface area contributed by atoms with Crippen molar-refractivity contribution >= 4 is 40.8 Å².